The number of nitrogens with one attached hydrogen (secondary N) is 1. The van der Waals surface area contributed by atoms with Crippen LogP contribution in [-0.2, 0) is 17.8 Å². The fourth-order valence-corrected chi connectivity index (χ4v) is 4.32. The lowest BCUT2D eigenvalue weighted by atomic mass is 10.1. The number of anilines is 2. The lowest BCUT2D eigenvalue weighted by molar-refractivity contribution is -0.134. The van der Waals surface area contributed by atoms with Crippen molar-refractivity contribution < 1.29 is 4.79 Å². The predicted octanol–water partition coefficient (Wildman–Crippen LogP) is 1.81. The summed E-state index contributed by atoms with van der Waals surface area (Å²) in [7, 11) is 1.99. The molecule has 2 aromatic heterocycles. The van der Waals surface area contributed by atoms with Gasteiger partial charge < -0.3 is 10.2 Å². The van der Waals surface area contributed by atoms with E-state index in [1.165, 1.54) is 6.33 Å². The van der Waals surface area contributed by atoms with Crippen LogP contribution in [0.15, 0.2) is 48.9 Å². The maximum Gasteiger partial charge on any atom is 0.236 e. The van der Waals surface area contributed by atoms with Gasteiger partial charge in [0.25, 0.3) is 0 Å². The quantitative estimate of drug-likeness (QED) is 0.562. The smallest absolute Gasteiger partial charge is 0.236 e. The van der Waals surface area contributed by atoms with Gasteiger partial charge in [-0.25, -0.2) is 9.97 Å². The fraction of sp³-hybridized carbons (Fsp3) is 0.375. The van der Waals surface area contributed by atoms with E-state index in [1.54, 1.807) is 0 Å². The second-order valence-electron chi connectivity index (χ2n) is 8.64. The SMILES string of the molecule is CN1CC(=O)N2CCN(CCc3cc(ccn3)-c3ncnc(n3)Nc3cccc(c3)C1)CC2. The van der Waals surface area contributed by atoms with Gasteiger partial charge in [-0.05, 0) is 36.9 Å². The minimum Gasteiger partial charge on any atom is -0.339 e. The Labute approximate surface area is 193 Å². The number of aromatic nitrogens is 4. The summed E-state index contributed by atoms with van der Waals surface area (Å²) in [5.41, 5.74) is 3.93. The molecule has 1 aromatic carbocycles. The molecular weight excluding hydrogens is 416 g/mol. The van der Waals surface area contributed by atoms with Gasteiger partial charge >= 0.3 is 0 Å². The zero-order valence-corrected chi connectivity index (χ0v) is 18.8. The van der Waals surface area contributed by atoms with E-state index < -0.39 is 0 Å². The summed E-state index contributed by atoms with van der Waals surface area (Å²) in [5, 5.41) is 3.28. The van der Waals surface area contributed by atoms with Crippen molar-refractivity contribution in [2.75, 3.05) is 51.6 Å². The molecule has 0 atom stereocenters. The normalized spacial score (nSPS) is 18.1. The second kappa shape index (κ2) is 9.60. The van der Waals surface area contributed by atoms with Crippen LogP contribution in [0.5, 0.6) is 0 Å². The van der Waals surface area contributed by atoms with E-state index in [4.69, 9.17) is 0 Å². The number of likely N-dealkylation sites (N-methyl/N-ethyl adjacent to an activating group) is 1. The number of benzene rings is 1. The van der Waals surface area contributed by atoms with E-state index >= 15 is 0 Å². The number of hydrogen-bond donors (Lipinski definition) is 1. The molecule has 1 saturated heterocycles. The highest BCUT2D eigenvalue weighted by atomic mass is 16.2. The molecule has 0 unspecified atom stereocenters. The van der Waals surface area contributed by atoms with Crippen molar-refractivity contribution in [3.63, 3.8) is 0 Å². The Morgan fingerprint density at radius 2 is 1.82 bits per heavy atom. The molecule has 0 radical (unpaired) electrons. The van der Waals surface area contributed by atoms with Crippen molar-refractivity contribution in [3.8, 4) is 11.4 Å². The summed E-state index contributed by atoms with van der Waals surface area (Å²) in [6, 6.07) is 12.1. The molecule has 3 aliphatic heterocycles. The number of pyridine rings is 1. The largest absolute Gasteiger partial charge is 0.339 e. The molecule has 8 bridgehead atoms. The van der Waals surface area contributed by atoms with Gasteiger partial charge in [-0.3, -0.25) is 19.6 Å². The summed E-state index contributed by atoms with van der Waals surface area (Å²) in [6.07, 6.45) is 4.18. The van der Waals surface area contributed by atoms with E-state index in [2.05, 4.69) is 47.2 Å². The number of amides is 1. The van der Waals surface area contributed by atoms with Crippen LogP contribution in [0, 0.1) is 0 Å². The predicted molar refractivity (Wildman–Crippen MR) is 126 cm³/mol. The molecule has 0 spiro atoms. The second-order valence-corrected chi connectivity index (χ2v) is 8.64. The monoisotopic (exact) mass is 444 g/mol. The Kier molecular flexibility index (Phi) is 6.23. The van der Waals surface area contributed by atoms with Crippen LogP contribution in [0.2, 0.25) is 0 Å². The molecule has 1 N–H and O–H groups in total. The number of nitrogens with zero attached hydrogens (tertiary/aromatic N) is 7. The van der Waals surface area contributed by atoms with Gasteiger partial charge in [-0.1, -0.05) is 12.1 Å². The van der Waals surface area contributed by atoms with Crippen LogP contribution in [0.3, 0.4) is 0 Å². The van der Waals surface area contributed by atoms with Crippen molar-refractivity contribution >= 4 is 17.5 Å². The standard InChI is InChI=1S/C24H28N8O/c1-30-15-18-3-2-4-21(13-18)28-24-27-17-26-23(29-24)19-5-7-25-20(14-19)6-8-31-9-11-32(12-10-31)22(33)16-30/h2-5,7,13-14,17H,6,8-12,15-16H2,1H3,(H,26,27,28,29). The third-order valence-corrected chi connectivity index (χ3v) is 6.10. The van der Waals surface area contributed by atoms with E-state index in [0.29, 0.717) is 24.9 Å². The lowest BCUT2D eigenvalue weighted by Crippen LogP contribution is -2.51. The summed E-state index contributed by atoms with van der Waals surface area (Å²) in [4.78, 5) is 37.1. The minimum atomic E-state index is 0.188. The average molecular weight is 445 g/mol. The highest BCUT2D eigenvalue weighted by Crippen LogP contribution is 2.20. The Morgan fingerprint density at radius 3 is 2.70 bits per heavy atom. The molecular formula is C24H28N8O. The van der Waals surface area contributed by atoms with Crippen LogP contribution in [0.25, 0.3) is 11.4 Å². The van der Waals surface area contributed by atoms with Crippen molar-refractivity contribution in [2.24, 2.45) is 0 Å². The number of fused-ring (bicyclic) bond motifs is 6. The molecule has 1 amide bonds. The van der Waals surface area contributed by atoms with Crippen molar-refractivity contribution in [1.82, 2.24) is 34.6 Å². The molecule has 9 nitrogen and oxygen atoms in total. The van der Waals surface area contributed by atoms with Crippen LogP contribution >= 0.6 is 0 Å². The first-order chi connectivity index (χ1) is 16.1. The highest BCUT2D eigenvalue weighted by Gasteiger charge is 2.22. The van der Waals surface area contributed by atoms with Crippen LogP contribution in [0.4, 0.5) is 11.6 Å². The molecule has 3 aliphatic rings. The lowest BCUT2D eigenvalue weighted by Gasteiger charge is -2.35. The Bertz CT molecular complexity index is 1130. The number of carbonyl (C=O) groups excluding carboxylic acids is 1. The van der Waals surface area contributed by atoms with E-state index in [-0.39, 0.29) is 5.91 Å². The van der Waals surface area contributed by atoms with Gasteiger partial charge in [-0.2, -0.15) is 4.98 Å². The van der Waals surface area contributed by atoms with E-state index in [0.717, 1.165) is 61.7 Å². The van der Waals surface area contributed by atoms with E-state index in [1.807, 2.05) is 42.4 Å². The van der Waals surface area contributed by atoms with Crippen molar-refractivity contribution in [1.29, 1.82) is 0 Å². The first-order valence-electron chi connectivity index (χ1n) is 11.3. The topological polar surface area (TPSA) is 90.4 Å². The molecule has 9 heteroatoms. The molecule has 0 saturated carbocycles. The van der Waals surface area contributed by atoms with Gasteiger partial charge in [0.2, 0.25) is 11.9 Å². The Morgan fingerprint density at radius 1 is 0.939 bits per heavy atom. The van der Waals surface area contributed by atoms with Crippen LogP contribution in [0.1, 0.15) is 11.3 Å². The Hall–Kier alpha value is -3.43. The first kappa shape index (κ1) is 21.4. The highest BCUT2D eigenvalue weighted by molar-refractivity contribution is 5.78. The van der Waals surface area contributed by atoms with Crippen LogP contribution in [-0.4, -0.2) is 86.9 Å². The summed E-state index contributed by atoms with van der Waals surface area (Å²) in [5.74, 6) is 1.30. The van der Waals surface area contributed by atoms with Gasteiger partial charge in [0.05, 0.1) is 6.54 Å². The third kappa shape index (κ3) is 5.32. The zero-order valence-electron chi connectivity index (χ0n) is 18.8. The average Bonchev–Trinajstić information content (AvgIpc) is 2.83. The number of rotatable bonds is 0. The molecule has 5 heterocycles. The number of carbonyl (C=O) groups is 1. The number of hydrogen-bond acceptors (Lipinski definition) is 8. The summed E-state index contributed by atoms with van der Waals surface area (Å²) < 4.78 is 0. The molecule has 1 fully saturated rings. The van der Waals surface area contributed by atoms with Crippen molar-refractivity contribution in [3.05, 3.63) is 60.2 Å². The Balaban J connectivity index is 1.45. The third-order valence-electron chi connectivity index (χ3n) is 6.10. The van der Waals surface area contributed by atoms with Crippen LogP contribution < -0.4 is 5.32 Å². The maximum atomic E-state index is 12.8. The molecule has 0 aliphatic carbocycles. The van der Waals surface area contributed by atoms with Crippen molar-refractivity contribution in [2.45, 2.75) is 13.0 Å². The minimum absolute atomic E-state index is 0.188. The van der Waals surface area contributed by atoms with Gasteiger partial charge in [0, 0.05) is 68.8 Å². The maximum absolute atomic E-state index is 12.8. The number of piperazine rings is 1. The molecule has 3 aromatic rings. The fourth-order valence-electron chi connectivity index (χ4n) is 4.32. The van der Waals surface area contributed by atoms with Gasteiger partial charge in [-0.15, -0.1) is 0 Å². The molecule has 33 heavy (non-hydrogen) atoms. The molecule has 6 rings (SSSR count). The first-order valence-corrected chi connectivity index (χ1v) is 11.3. The van der Waals surface area contributed by atoms with Gasteiger partial charge in [0.15, 0.2) is 5.82 Å². The van der Waals surface area contributed by atoms with E-state index in [9.17, 15) is 4.79 Å². The summed E-state index contributed by atoms with van der Waals surface area (Å²) in [6.45, 7) is 5.32. The molecule has 170 valence electrons. The van der Waals surface area contributed by atoms with Gasteiger partial charge in [0.1, 0.15) is 6.33 Å². The zero-order chi connectivity index (χ0) is 22.6. The summed E-state index contributed by atoms with van der Waals surface area (Å²) >= 11 is 0.